The van der Waals surface area contributed by atoms with Crippen molar-refractivity contribution in [2.75, 3.05) is 134 Å². The molecule has 4 fully saturated rings. The minimum atomic E-state index is -1.45. The van der Waals surface area contributed by atoms with Crippen molar-refractivity contribution in [3.8, 4) is 58.0 Å². The average molecular weight is 2150 g/mol. The van der Waals surface area contributed by atoms with Crippen LogP contribution in [0.3, 0.4) is 0 Å². The number of halogens is 2. The molecule has 13 N–H and O–H groups in total. The van der Waals surface area contributed by atoms with Crippen molar-refractivity contribution in [1.29, 1.82) is 10.5 Å². The van der Waals surface area contributed by atoms with Gasteiger partial charge in [-0.1, -0.05) is 39.8 Å². The second-order valence-corrected chi connectivity index (χ2v) is 40.3. The topological polar surface area (TPSA) is 626 Å². The third-order valence-corrected chi connectivity index (χ3v) is 27.1. The summed E-state index contributed by atoms with van der Waals surface area (Å²) in [6.07, 6.45) is 12.2. The van der Waals surface area contributed by atoms with Gasteiger partial charge in [0.05, 0.1) is 154 Å². The average Bonchev–Trinajstić information content (AvgIpc) is 1.61. The number of aliphatic imine (C=N–C) groups is 4. The van der Waals surface area contributed by atoms with Gasteiger partial charge in [-0.05, 0) is 154 Å². The van der Waals surface area contributed by atoms with Crippen LogP contribution in [-0.4, -0.2) is 349 Å². The molecule has 50 nitrogen and oxygen atoms in total. The summed E-state index contributed by atoms with van der Waals surface area (Å²) in [5.41, 5.74) is 26.8. The number of aromatic amines is 1. The van der Waals surface area contributed by atoms with Gasteiger partial charge < -0.3 is 123 Å². The van der Waals surface area contributed by atoms with E-state index in [4.69, 9.17) is 131 Å². The van der Waals surface area contributed by atoms with Gasteiger partial charge in [0.25, 0.3) is 20.4 Å². The Morgan fingerprint density at radius 3 is 1.28 bits per heavy atom. The number of nitrogens with one attached hydrogen (secondary N) is 1. The van der Waals surface area contributed by atoms with E-state index in [-0.39, 0.29) is 105 Å². The Bertz CT molecular complexity index is 6260. The number of alkyl halides is 1. The van der Waals surface area contributed by atoms with Crippen molar-refractivity contribution in [2.45, 2.75) is 233 Å². The molecule has 0 spiro atoms. The molecule has 0 aliphatic carbocycles. The van der Waals surface area contributed by atoms with Gasteiger partial charge in [0, 0.05) is 114 Å². The number of nitrogens with zero attached hydrogens (tertiary/aromatic N) is 28. The first-order chi connectivity index (χ1) is 70.7. The summed E-state index contributed by atoms with van der Waals surface area (Å²) in [6.45, 7) is 23.4. The van der Waals surface area contributed by atoms with Crippen LogP contribution >= 0.6 is 39.0 Å². The zero-order valence-corrected chi connectivity index (χ0v) is 90.9. The highest BCUT2D eigenvalue weighted by Gasteiger charge is 2.44. The summed E-state index contributed by atoms with van der Waals surface area (Å²) in [5, 5.41) is 79.7. The SMILES string of the molecule is C.CC(C)N(C(C)C)P(Cl)OCCC#N.CCC1OC(Cl)CC1C.CCC1OC(n2nc(-c3ccco3)c3c(N=CN(C)C)nc(N=CN(C)C)nc32)CC1OP(OCCC#N)N(C(C)C)C(C)C.CN(C)C=Nc1nc(N=CN(C)C)c2c(-c3ccco3)nn(C3CC(O)C(CO)O3)c2n1.COC(OC)N(C)C.Nc1nc(N)c2c(-c3ccco3)[nH]nc2n1.Nc1nc(N)c2c(-c3ccco3)nn(C3CC(O)C(CO)O3)c2n1. The normalized spacial score (nSPS) is 20.1. The monoisotopic (exact) mass is 2150 g/mol. The fourth-order valence-corrected chi connectivity index (χ4v) is 20.4. The molecule has 16 heterocycles. The lowest BCUT2D eigenvalue weighted by molar-refractivity contribution is -0.179. The number of nitrogens with two attached hydrogens (primary N) is 4. The summed E-state index contributed by atoms with van der Waals surface area (Å²) in [7, 11) is 19.4. The van der Waals surface area contributed by atoms with Crippen molar-refractivity contribution >= 4 is 156 Å². The number of rotatable bonds is 36. The van der Waals surface area contributed by atoms with Crippen LogP contribution in [0.5, 0.6) is 0 Å². The third-order valence-electron chi connectivity index (χ3n) is 22.2. The number of hydrogen-bond donors (Lipinski definition) is 9. The summed E-state index contributed by atoms with van der Waals surface area (Å²) >= 11 is 11.9. The van der Waals surface area contributed by atoms with Crippen LogP contribution in [0.2, 0.25) is 0 Å². The smallest absolute Gasteiger partial charge is 0.259 e. The zero-order valence-electron chi connectivity index (χ0n) is 87.6. The molecule has 54 heteroatoms. The van der Waals surface area contributed by atoms with Crippen LogP contribution in [0, 0.1) is 28.6 Å². The minimum absolute atomic E-state index is 0. The molecule has 0 amide bonds. The maximum absolute atomic E-state index is 10.2. The van der Waals surface area contributed by atoms with Crippen LogP contribution < -0.4 is 22.9 Å². The Morgan fingerprint density at radius 1 is 0.517 bits per heavy atom. The largest absolute Gasteiger partial charge is 0.463 e. The Labute approximate surface area is 878 Å². The Morgan fingerprint density at radius 2 is 0.913 bits per heavy atom. The molecule has 4 aliphatic heterocycles. The molecule has 4 saturated heterocycles. The molecule has 16 rings (SSSR count). The lowest BCUT2D eigenvalue weighted by Crippen LogP contribution is -2.35. The predicted molar refractivity (Wildman–Crippen MR) is 573 cm³/mol. The molecule has 149 heavy (non-hydrogen) atoms. The van der Waals surface area contributed by atoms with Crippen LogP contribution in [0.4, 0.5) is 47.1 Å². The summed E-state index contributed by atoms with van der Waals surface area (Å²) in [4.78, 5) is 61.7. The number of aliphatic hydroxyl groups excluding tert-OH is 4. The molecule has 0 radical (unpaired) electrons. The van der Waals surface area contributed by atoms with Gasteiger partial charge in [0.2, 0.25) is 26.0 Å². The number of ether oxygens (including phenoxy) is 6. The number of anilines is 4. The number of H-pyrrole nitrogens is 1. The van der Waals surface area contributed by atoms with Crippen molar-refractivity contribution in [2.24, 2.45) is 25.9 Å². The fraction of sp³-hybridized carbons (Fsp3) is 0.558. The molecule has 0 saturated carbocycles. The molecular formula is C95H143Cl2N33O17P2. The second kappa shape index (κ2) is 58.0. The number of furan rings is 4. The Hall–Kier alpha value is -11.8. The molecular weight excluding hydrogens is 2010 g/mol. The van der Waals surface area contributed by atoms with Gasteiger partial charge in [-0.3, -0.25) is 10.00 Å². The highest BCUT2D eigenvalue weighted by atomic mass is 35.7. The number of methoxy groups -OCH3 is 2. The quantitative estimate of drug-likeness (QED) is 0.00440. The number of aromatic nitrogens is 16. The number of nitrogen functional groups attached to an aromatic ring is 4. The van der Waals surface area contributed by atoms with Gasteiger partial charge in [0.15, 0.2) is 75.9 Å². The highest BCUT2D eigenvalue weighted by Crippen LogP contribution is 2.53. The van der Waals surface area contributed by atoms with Crippen molar-refractivity contribution in [3.05, 3.63) is 73.6 Å². The molecule has 814 valence electrons. The summed E-state index contributed by atoms with van der Waals surface area (Å²) < 4.78 is 82.8. The molecule has 12 aromatic heterocycles. The van der Waals surface area contributed by atoms with E-state index < -0.39 is 59.3 Å². The number of hydrogen-bond acceptors (Lipinski definition) is 42. The maximum Gasteiger partial charge on any atom is 0.259 e. The van der Waals surface area contributed by atoms with E-state index in [0.29, 0.717) is 158 Å². The first-order valence-electron chi connectivity index (χ1n) is 47.9. The fourth-order valence-electron chi connectivity index (χ4n) is 15.8. The van der Waals surface area contributed by atoms with E-state index in [2.05, 4.69) is 162 Å². The van der Waals surface area contributed by atoms with Gasteiger partial charge in [0.1, 0.15) is 52.2 Å². The van der Waals surface area contributed by atoms with E-state index in [1.165, 1.54) is 10.9 Å². The van der Waals surface area contributed by atoms with Gasteiger partial charge >= 0.3 is 0 Å². The van der Waals surface area contributed by atoms with Crippen LogP contribution in [0.25, 0.3) is 90.0 Å². The molecule has 14 unspecified atom stereocenters. The lowest BCUT2D eigenvalue weighted by atomic mass is 10.0. The van der Waals surface area contributed by atoms with E-state index in [9.17, 15) is 20.4 Å². The molecule has 4 aliphatic rings. The standard InChI is InChI=1S/C30H45N10O4P.C20H26N8O4.C14H16N6O4.C9H18ClN2OP.C9H8N6O.C7H13ClO.C5H13NO2.CH4/c1-10-22-24(44-45(42-16-12-14-31)40(20(2)3)21(4)5)17-25(43-22)39-29-26(27(36-39)23-13-11-15-41-23)28(32-18-37(6)7)34-30(35-29)33-19-38(8)9;1-26(2)10-21-18-16-17(13-6-5-7-31-13)25-28(15-8-12(30)14(9-29)32-15)19(16)24-20(23-18)22-11-27(3)4;15-12-10-11(7-2-1-3-23-7)19-20(13(10)18-14(16)17-12)9-4-6(22)8(5-21)24-9;1-8(2)12(9(3)4)14(10)13-7-5-6-11;10-7-5-6(4-2-1-3-16-4)14-15-8(5)13-9(11)12-7;1-3-6-5(2)4-7(8)9-6;1-6(2)5(7-3)8-4;/h11,13,15,18-22,24-25H,10,12,16-17H2,1-9H3;5-7,10-12,14-15,29-30H,8-9H2,1-4H3;1-3,6,8-9,21-22H,4-5H2,(H4,15,16,17,18);8-9H,5,7H2,1-4H3;1-3H,(H5,10,11,12,13,14,15);5-7H,3-4H2,1-2H3;5H,1-4H3;1H4. The molecule has 0 aromatic carbocycles. The van der Waals surface area contributed by atoms with Gasteiger partial charge in [-0.15, -0.1) is 0 Å². The zero-order chi connectivity index (χ0) is 108. The Kier molecular flexibility index (Phi) is 47.0. The van der Waals surface area contributed by atoms with Crippen LogP contribution in [-0.2, 0) is 42.0 Å². The summed E-state index contributed by atoms with van der Waals surface area (Å²) in [6, 6.07) is 19.5. The van der Waals surface area contributed by atoms with Crippen LogP contribution in [0.15, 0.2) is 111 Å². The van der Waals surface area contributed by atoms with E-state index >= 15 is 0 Å². The van der Waals surface area contributed by atoms with Crippen molar-refractivity contribution in [1.82, 2.24) is 113 Å². The third kappa shape index (κ3) is 32.4. The number of aliphatic hydroxyl groups is 4. The maximum atomic E-state index is 10.2. The predicted octanol–water partition coefficient (Wildman–Crippen LogP) is 14.4. The lowest BCUT2D eigenvalue weighted by Gasteiger charge is -2.37. The van der Waals surface area contributed by atoms with E-state index in [1.807, 2.05) is 103 Å². The van der Waals surface area contributed by atoms with Gasteiger partial charge in [-0.2, -0.15) is 70.8 Å². The molecule has 0 bridgehead atoms. The van der Waals surface area contributed by atoms with Gasteiger partial charge in [-0.25, -0.2) is 43.4 Å². The van der Waals surface area contributed by atoms with E-state index in [1.54, 1.807) is 114 Å². The van der Waals surface area contributed by atoms with Crippen LogP contribution in [0.1, 0.15) is 154 Å². The molecule has 12 aromatic rings. The highest BCUT2D eigenvalue weighted by molar-refractivity contribution is 7.78. The second-order valence-electron chi connectivity index (χ2n) is 36.3. The van der Waals surface area contributed by atoms with Crippen molar-refractivity contribution in [3.63, 3.8) is 0 Å². The Balaban J connectivity index is 0.000000208. The molecule has 14 atom stereocenters. The van der Waals surface area contributed by atoms with Crippen molar-refractivity contribution < 1.29 is 80.1 Å². The summed E-state index contributed by atoms with van der Waals surface area (Å²) in [5.74, 6) is 4.62. The number of nitriles is 2. The first kappa shape index (κ1) is 121. The first-order valence-corrected chi connectivity index (χ1v) is 51.6. The van der Waals surface area contributed by atoms with E-state index in [0.717, 1.165) is 19.3 Å². The minimum Gasteiger partial charge on any atom is -0.463 e. The number of fused-ring (bicyclic) bond motifs is 4.